The quantitative estimate of drug-likeness (QED) is 0.840. The van der Waals surface area contributed by atoms with E-state index >= 15 is 0 Å². The van der Waals surface area contributed by atoms with Crippen LogP contribution in [0.2, 0.25) is 0 Å². The molecule has 1 atom stereocenters. The van der Waals surface area contributed by atoms with Crippen LogP contribution in [0.15, 0.2) is 22.7 Å². The van der Waals surface area contributed by atoms with Gasteiger partial charge in [-0.3, -0.25) is 9.59 Å². The molecule has 1 aromatic rings. The average Bonchev–Trinajstić information content (AvgIpc) is 2.22. The fourth-order valence-corrected chi connectivity index (χ4v) is 2.01. The van der Waals surface area contributed by atoms with E-state index in [4.69, 9.17) is 5.11 Å². The molecule has 0 spiro atoms. The lowest BCUT2D eigenvalue weighted by atomic mass is 10.1. The van der Waals surface area contributed by atoms with Gasteiger partial charge in [-0.25, -0.2) is 0 Å². The molecule has 0 heterocycles. The fourth-order valence-electron chi connectivity index (χ4n) is 1.41. The third-order valence-corrected chi connectivity index (χ3v) is 3.06. The van der Waals surface area contributed by atoms with E-state index < -0.39 is 17.8 Å². The first-order valence-electron chi connectivity index (χ1n) is 5.25. The molecule has 0 aromatic heterocycles. The van der Waals surface area contributed by atoms with E-state index in [2.05, 4.69) is 21.2 Å². The van der Waals surface area contributed by atoms with Gasteiger partial charge in [0.1, 0.15) is 5.92 Å². The Labute approximate surface area is 108 Å². The molecule has 5 heteroatoms. The van der Waals surface area contributed by atoms with Crippen molar-refractivity contribution in [2.75, 3.05) is 5.32 Å². The van der Waals surface area contributed by atoms with Crippen LogP contribution in [0, 0.1) is 12.8 Å². The Morgan fingerprint density at radius 3 is 2.59 bits per heavy atom. The zero-order valence-corrected chi connectivity index (χ0v) is 11.2. The van der Waals surface area contributed by atoms with Crippen molar-refractivity contribution in [1.29, 1.82) is 0 Å². The highest BCUT2D eigenvalue weighted by Gasteiger charge is 2.24. The average molecular weight is 300 g/mol. The van der Waals surface area contributed by atoms with Gasteiger partial charge >= 0.3 is 5.97 Å². The van der Waals surface area contributed by atoms with Crippen LogP contribution in [0.4, 0.5) is 5.69 Å². The summed E-state index contributed by atoms with van der Waals surface area (Å²) in [6.45, 7) is 3.60. The van der Waals surface area contributed by atoms with Crippen LogP contribution in [0.25, 0.3) is 0 Å². The molecular formula is C12H14BrNO3. The summed E-state index contributed by atoms with van der Waals surface area (Å²) < 4.78 is 0.742. The lowest BCUT2D eigenvalue weighted by Crippen LogP contribution is -2.29. The van der Waals surface area contributed by atoms with E-state index in [1.165, 1.54) is 0 Å². The van der Waals surface area contributed by atoms with Crippen molar-refractivity contribution in [2.45, 2.75) is 20.3 Å². The van der Waals surface area contributed by atoms with Crippen LogP contribution >= 0.6 is 15.9 Å². The zero-order valence-electron chi connectivity index (χ0n) is 9.66. The van der Waals surface area contributed by atoms with Gasteiger partial charge in [-0.1, -0.05) is 13.0 Å². The van der Waals surface area contributed by atoms with Crippen LogP contribution in [-0.4, -0.2) is 17.0 Å². The van der Waals surface area contributed by atoms with E-state index in [9.17, 15) is 9.59 Å². The maximum Gasteiger partial charge on any atom is 0.316 e. The number of anilines is 1. The Morgan fingerprint density at radius 1 is 1.47 bits per heavy atom. The van der Waals surface area contributed by atoms with Gasteiger partial charge < -0.3 is 10.4 Å². The van der Waals surface area contributed by atoms with Crippen LogP contribution in [0.1, 0.15) is 18.9 Å². The number of hydrogen-bond donors (Lipinski definition) is 2. The van der Waals surface area contributed by atoms with Gasteiger partial charge in [0, 0.05) is 4.47 Å². The molecule has 92 valence electrons. The molecule has 2 N–H and O–H groups in total. The molecule has 0 aliphatic carbocycles. The highest BCUT2D eigenvalue weighted by molar-refractivity contribution is 9.10. The summed E-state index contributed by atoms with van der Waals surface area (Å²) in [6, 6.07) is 5.45. The largest absolute Gasteiger partial charge is 0.481 e. The predicted octanol–water partition coefficient (Wildman–Crippen LogP) is 2.81. The summed E-state index contributed by atoms with van der Waals surface area (Å²) in [5.74, 6) is -2.61. The number of amides is 1. The van der Waals surface area contributed by atoms with Crippen LogP contribution in [-0.2, 0) is 9.59 Å². The van der Waals surface area contributed by atoms with Gasteiger partial charge in [-0.15, -0.1) is 0 Å². The topological polar surface area (TPSA) is 66.4 Å². The molecule has 17 heavy (non-hydrogen) atoms. The van der Waals surface area contributed by atoms with E-state index in [-0.39, 0.29) is 6.42 Å². The Kier molecular flexibility index (Phi) is 4.69. The zero-order chi connectivity index (χ0) is 13.0. The minimum atomic E-state index is -1.10. The predicted molar refractivity (Wildman–Crippen MR) is 68.9 cm³/mol. The van der Waals surface area contributed by atoms with Crippen molar-refractivity contribution >= 4 is 33.5 Å². The molecule has 0 aliphatic heterocycles. The minimum Gasteiger partial charge on any atom is -0.481 e. The number of carbonyl (C=O) groups is 2. The molecule has 1 aromatic carbocycles. The van der Waals surface area contributed by atoms with Gasteiger partial charge in [-0.05, 0) is 47.0 Å². The number of halogens is 1. The second kappa shape index (κ2) is 5.82. The number of carbonyl (C=O) groups excluding carboxylic acids is 1. The second-order valence-corrected chi connectivity index (χ2v) is 4.63. The van der Waals surface area contributed by atoms with Crippen LogP contribution in [0.5, 0.6) is 0 Å². The highest BCUT2D eigenvalue weighted by Crippen LogP contribution is 2.24. The van der Waals surface area contributed by atoms with Gasteiger partial charge in [0.05, 0.1) is 5.69 Å². The summed E-state index contributed by atoms with van der Waals surface area (Å²) in [4.78, 5) is 22.5. The Bertz CT molecular complexity index is 445. The summed E-state index contributed by atoms with van der Waals surface area (Å²) in [5.41, 5.74) is 1.64. The molecular weight excluding hydrogens is 286 g/mol. The minimum absolute atomic E-state index is 0.268. The van der Waals surface area contributed by atoms with Crippen molar-refractivity contribution in [1.82, 2.24) is 0 Å². The Morgan fingerprint density at radius 2 is 2.12 bits per heavy atom. The van der Waals surface area contributed by atoms with Gasteiger partial charge in [0.25, 0.3) is 0 Å². The first kappa shape index (κ1) is 13.7. The molecule has 0 saturated heterocycles. The molecule has 0 aliphatic rings. The lowest BCUT2D eigenvalue weighted by Gasteiger charge is -2.12. The SMILES string of the molecule is CCC(C(=O)O)C(=O)Nc1ccc(C)cc1Br. The number of aliphatic carboxylic acids is 1. The molecule has 0 saturated carbocycles. The van der Waals surface area contributed by atoms with Crippen molar-refractivity contribution in [2.24, 2.45) is 5.92 Å². The number of rotatable bonds is 4. The van der Waals surface area contributed by atoms with Crippen molar-refractivity contribution in [3.63, 3.8) is 0 Å². The third-order valence-electron chi connectivity index (χ3n) is 2.41. The third kappa shape index (κ3) is 3.56. The molecule has 0 fully saturated rings. The van der Waals surface area contributed by atoms with Crippen molar-refractivity contribution in [3.8, 4) is 0 Å². The van der Waals surface area contributed by atoms with Crippen molar-refractivity contribution in [3.05, 3.63) is 28.2 Å². The van der Waals surface area contributed by atoms with Crippen LogP contribution in [0.3, 0.4) is 0 Å². The normalized spacial score (nSPS) is 11.9. The summed E-state index contributed by atoms with van der Waals surface area (Å²) in [6.07, 6.45) is 0.268. The smallest absolute Gasteiger partial charge is 0.316 e. The number of benzene rings is 1. The van der Waals surface area contributed by atoms with Gasteiger partial charge in [-0.2, -0.15) is 0 Å². The fraction of sp³-hybridized carbons (Fsp3) is 0.333. The van der Waals surface area contributed by atoms with Crippen molar-refractivity contribution < 1.29 is 14.7 Å². The Balaban J connectivity index is 2.84. The monoisotopic (exact) mass is 299 g/mol. The molecule has 1 rings (SSSR count). The number of hydrogen-bond acceptors (Lipinski definition) is 2. The number of carboxylic acids is 1. The standard InChI is InChI=1S/C12H14BrNO3/c1-3-8(12(16)17)11(15)14-10-5-4-7(2)6-9(10)13/h4-6,8H,3H2,1-2H3,(H,14,15)(H,16,17). The van der Waals surface area contributed by atoms with Gasteiger partial charge in [0.15, 0.2) is 0 Å². The van der Waals surface area contributed by atoms with Crippen LogP contribution < -0.4 is 5.32 Å². The summed E-state index contributed by atoms with van der Waals surface area (Å²) in [7, 11) is 0. The molecule has 4 nitrogen and oxygen atoms in total. The Hall–Kier alpha value is -1.36. The van der Waals surface area contributed by atoms with E-state index in [0.29, 0.717) is 5.69 Å². The first-order chi connectivity index (χ1) is 7.95. The second-order valence-electron chi connectivity index (χ2n) is 3.77. The van der Waals surface area contributed by atoms with E-state index in [1.54, 1.807) is 13.0 Å². The van der Waals surface area contributed by atoms with E-state index in [1.807, 2.05) is 19.1 Å². The lowest BCUT2D eigenvalue weighted by molar-refractivity contribution is -0.145. The van der Waals surface area contributed by atoms with E-state index in [0.717, 1.165) is 10.0 Å². The molecule has 1 unspecified atom stereocenters. The highest BCUT2D eigenvalue weighted by atomic mass is 79.9. The maximum absolute atomic E-state index is 11.7. The number of carboxylic acid groups (broad SMARTS) is 1. The summed E-state index contributed by atoms with van der Waals surface area (Å²) >= 11 is 3.32. The number of aryl methyl sites for hydroxylation is 1. The molecule has 0 bridgehead atoms. The number of nitrogens with one attached hydrogen (secondary N) is 1. The first-order valence-corrected chi connectivity index (χ1v) is 6.04. The van der Waals surface area contributed by atoms with Gasteiger partial charge in [0.2, 0.25) is 5.91 Å². The summed E-state index contributed by atoms with van der Waals surface area (Å²) in [5, 5.41) is 11.5. The maximum atomic E-state index is 11.7. The molecule has 0 radical (unpaired) electrons. The molecule has 1 amide bonds.